The van der Waals surface area contributed by atoms with E-state index in [2.05, 4.69) is 5.10 Å². The number of amides is 1. The van der Waals surface area contributed by atoms with Crippen LogP contribution in [-0.4, -0.2) is 39.5 Å². The number of carbonyl (C=O) groups is 2. The molecule has 1 saturated heterocycles. The standard InChI is InChI=1S/C27H25N3O2/c31-26(25-13-4-9-21-8-1-2-12-24(21)25)23-11-5-15-29(19-23)27(32)22-10-3-7-20(17-22)18-30-16-6-14-28-30/h1-4,6-10,12-14,16-17,23H,5,11,15,18-19H2/t23-/m0/s1. The van der Waals surface area contributed by atoms with Crippen molar-refractivity contribution >= 4 is 22.5 Å². The maximum atomic E-state index is 13.4. The van der Waals surface area contributed by atoms with E-state index in [1.165, 1.54) is 0 Å². The second-order valence-corrected chi connectivity index (χ2v) is 8.39. The van der Waals surface area contributed by atoms with Crippen LogP contribution in [0.4, 0.5) is 0 Å². The summed E-state index contributed by atoms with van der Waals surface area (Å²) >= 11 is 0. The molecule has 0 saturated carbocycles. The molecule has 5 heteroatoms. The number of piperidine rings is 1. The van der Waals surface area contributed by atoms with Crippen molar-refractivity contribution in [2.24, 2.45) is 5.92 Å². The molecule has 2 heterocycles. The molecule has 0 unspecified atom stereocenters. The lowest BCUT2D eigenvalue weighted by Gasteiger charge is -2.32. The van der Waals surface area contributed by atoms with E-state index in [1.54, 1.807) is 6.20 Å². The highest BCUT2D eigenvalue weighted by atomic mass is 16.2. The van der Waals surface area contributed by atoms with Crippen LogP contribution in [0.25, 0.3) is 10.8 Å². The van der Waals surface area contributed by atoms with E-state index in [1.807, 2.05) is 88.6 Å². The molecule has 0 radical (unpaired) electrons. The van der Waals surface area contributed by atoms with Crippen molar-refractivity contribution < 1.29 is 9.59 Å². The predicted molar refractivity (Wildman–Crippen MR) is 125 cm³/mol. The summed E-state index contributed by atoms with van der Waals surface area (Å²) in [5.74, 6) is -0.0553. The molecular weight excluding hydrogens is 398 g/mol. The number of hydrogen-bond donors (Lipinski definition) is 0. The van der Waals surface area contributed by atoms with Crippen LogP contribution in [0.3, 0.4) is 0 Å². The number of carbonyl (C=O) groups excluding carboxylic acids is 2. The Morgan fingerprint density at radius 2 is 1.81 bits per heavy atom. The van der Waals surface area contributed by atoms with Gasteiger partial charge in [0.1, 0.15) is 0 Å². The topological polar surface area (TPSA) is 55.2 Å². The highest BCUT2D eigenvalue weighted by Crippen LogP contribution is 2.26. The molecule has 5 nitrogen and oxygen atoms in total. The Labute approximate surface area is 187 Å². The molecule has 3 aromatic carbocycles. The van der Waals surface area contributed by atoms with E-state index in [0.717, 1.165) is 34.7 Å². The molecule has 5 rings (SSSR count). The Balaban J connectivity index is 1.33. The van der Waals surface area contributed by atoms with Crippen molar-refractivity contribution in [2.75, 3.05) is 13.1 Å². The zero-order valence-corrected chi connectivity index (χ0v) is 17.9. The maximum Gasteiger partial charge on any atom is 0.253 e. The Kier molecular flexibility index (Phi) is 5.55. The van der Waals surface area contributed by atoms with Gasteiger partial charge in [0.15, 0.2) is 5.78 Å². The number of fused-ring (bicyclic) bond motifs is 1. The lowest BCUT2D eigenvalue weighted by Crippen LogP contribution is -2.42. The summed E-state index contributed by atoms with van der Waals surface area (Å²) in [5.41, 5.74) is 2.44. The zero-order valence-electron chi connectivity index (χ0n) is 17.9. The lowest BCUT2D eigenvalue weighted by molar-refractivity contribution is 0.0637. The van der Waals surface area contributed by atoms with Gasteiger partial charge in [0.2, 0.25) is 0 Å². The van der Waals surface area contributed by atoms with Crippen LogP contribution in [0.5, 0.6) is 0 Å². The van der Waals surface area contributed by atoms with Gasteiger partial charge in [-0.2, -0.15) is 5.10 Å². The summed E-state index contributed by atoms with van der Waals surface area (Å²) in [6.45, 7) is 1.77. The number of Topliss-reactive ketones (excluding diaryl/α,β-unsaturated/α-hetero) is 1. The average molecular weight is 424 g/mol. The highest BCUT2D eigenvalue weighted by molar-refractivity contribution is 6.09. The smallest absolute Gasteiger partial charge is 0.253 e. The summed E-state index contributed by atoms with van der Waals surface area (Å²) in [6.07, 6.45) is 5.30. The van der Waals surface area contributed by atoms with Crippen molar-refractivity contribution in [3.63, 3.8) is 0 Å². The van der Waals surface area contributed by atoms with Gasteiger partial charge in [-0.05, 0) is 47.4 Å². The van der Waals surface area contributed by atoms with Crippen molar-refractivity contribution in [3.8, 4) is 0 Å². The number of rotatable bonds is 5. The first-order valence-electron chi connectivity index (χ1n) is 11.1. The molecule has 1 amide bonds. The molecule has 1 aromatic heterocycles. The van der Waals surface area contributed by atoms with E-state index >= 15 is 0 Å². The number of aromatic nitrogens is 2. The van der Waals surface area contributed by atoms with Crippen molar-refractivity contribution in [3.05, 3.63) is 102 Å². The summed E-state index contributed by atoms with van der Waals surface area (Å²) in [7, 11) is 0. The van der Waals surface area contributed by atoms with Gasteiger partial charge >= 0.3 is 0 Å². The number of nitrogens with zero attached hydrogens (tertiary/aromatic N) is 3. The van der Waals surface area contributed by atoms with Crippen LogP contribution in [-0.2, 0) is 6.54 Å². The molecule has 160 valence electrons. The molecule has 0 spiro atoms. The minimum Gasteiger partial charge on any atom is -0.338 e. The van der Waals surface area contributed by atoms with Crippen LogP contribution in [0.15, 0.2) is 85.2 Å². The average Bonchev–Trinajstić information content (AvgIpc) is 3.36. The van der Waals surface area contributed by atoms with Crippen LogP contribution in [0.1, 0.15) is 39.1 Å². The minimum absolute atomic E-state index is 0.0114. The van der Waals surface area contributed by atoms with Gasteiger partial charge in [0, 0.05) is 42.5 Å². The first-order chi connectivity index (χ1) is 15.7. The molecule has 0 aliphatic carbocycles. The lowest BCUT2D eigenvalue weighted by atomic mass is 9.87. The SMILES string of the molecule is O=C(c1cccc2ccccc12)[C@H]1CCCN(C(=O)c2cccc(Cn3cccn3)c2)C1. The first kappa shape index (κ1) is 20.2. The Morgan fingerprint density at radius 3 is 2.69 bits per heavy atom. The van der Waals surface area contributed by atoms with Crippen molar-refractivity contribution in [2.45, 2.75) is 19.4 Å². The number of likely N-dealkylation sites (tertiary alicyclic amines) is 1. The second-order valence-electron chi connectivity index (χ2n) is 8.39. The van der Waals surface area contributed by atoms with Crippen molar-refractivity contribution in [1.29, 1.82) is 0 Å². The normalized spacial score (nSPS) is 16.2. The second kappa shape index (κ2) is 8.79. The Bertz CT molecular complexity index is 1260. The molecule has 4 aromatic rings. The fraction of sp³-hybridized carbons (Fsp3) is 0.222. The quantitative estimate of drug-likeness (QED) is 0.433. The molecule has 32 heavy (non-hydrogen) atoms. The fourth-order valence-electron chi connectivity index (χ4n) is 4.60. The van der Waals surface area contributed by atoms with Gasteiger partial charge < -0.3 is 4.90 Å². The Morgan fingerprint density at radius 1 is 0.969 bits per heavy atom. The van der Waals surface area contributed by atoms with E-state index in [0.29, 0.717) is 25.2 Å². The van der Waals surface area contributed by atoms with Crippen LogP contribution in [0.2, 0.25) is 0 Å². The summed E-state index contributed by atoms with van der Waals surface area (Å²) in [4.78, 5) is 28.5. The molecule has 0 bridgehead atoms. The van der Waals surface area contributed by atoms with Gasteiger partial charge in [0.05, 0.1) is 6.54 Å². The summed E-state index contributed by atoms with van der Waals surface area (Å²) in [6, 6.07) is 23.4. The molecule has 1 fully saturated rings. The number of benzene rings is 3. The third-order valence-corrected chi connectivity index (χ3v) is 6.21. The van der Waals surface area contributed by atoms with Crippen LogP contribution >= 0.6 is 0 Å². The molecule has 1 atom stereocenters. The van der Waals surface area contributed by atoms with Crippen LogP contribution in [0, 0.1) is 5.92 Å². The van der Waals surface area contributed by atoms with Gasteiger partial charge in [-0.1, -0.05) is 54.6 Å². The van der Waals surface area contributed by atoms with Crippen molar-refractivity contribution in [1.82, 2.24) is 14.7 Å². The first-order valence-corrected chi connectivity index (χ1v) is 11.1. The predicted octanol–water partition coefficient (Wildman–Crippen LogP) is 4.82. The zero-order chi connectivity index (χ0) is 21.9. The monoisotopic (exact) mass is 423 g/mol. The van der Waals surface area contributed by atoms with Crippen LogP contribution < -0.4 is 0 Å². The third kappa shape index (κ3) is 4.06. The minimum atomic E-state index is -0.175. The summed E-state index contributed by atoms with van der Waals surface area (Å²) in [5, 5.41) is 6.29. The molecule has 0 N–H and O–H groups in total. The summed E-state index contributed by atoms with van der Waals surface area (Å²) < 4.78 is 1.84. The fourth-order valence-corrected chi connectivity index (χ4v) is 4.60. The molecule has 1 aliphatic heterocycles. The van der Waals surface area contributed by atoms with E-state index in [-0.39, 0.29) is 17.6 Å². The number of ketones is 1. The highest BCUT2D eigenvalue weighted by Gasteiger charge is 2.30. The largest absolute Gasteiger partial charge is 0.338 e. The third-order valence-electron chi connectivity index (χ3n) is 6.21. The van der Waals surface area contributed by atoms with E-state index in [9.17, 15) is 9.59 Å². The molecular formula is C27H25N3O2. The number of hydrogen-bond acceptors (Lipinski definition) is 3. The van der Waals surface area contributed by atoms with Gasteiger partial charge in [-0.15, -0.1) is 0 Å². The van der Waals surface area contributed by atoms with Gasteiger partial charge in [-0.3, -0.25) is 14.3 Å². The van der Waals surface area contributed by atoms with E-state index in [4.69, 9.17) is 0 Å². The Hall–Kier alpha value is -3.73. The van der Waals surface area contributed by atoms with Gasteiger partial charge in [0.25, 0.3) is 5.91 Å². The van der Waals surface area contributed by atoms with E-state index < -0.39 is 0 Å². The maximum absolute atomic E-state index is 13.4. The molecule has 1 aliphatic rings. The van der Waals surface area contributed by atoms with Gasteiger partial charge in [-0.25, -0.2) is 0 Å².